The number of thiophene rings is 1. The second-order valence-corrected chi connectivity index (χ2v) is 7.89. The van der Waals surface area contributed by atoms with E-state index in [1.807, 2.05) is 30.0 Å². The molecule has 2 amide bonds. The summed E-state index contributed by atoms with van der Waals surface area (Å²) in [6.45, 7) is 5.12. The van der Waals surface area contributed by atoms with E-state index in [1.54, 1.807) is 24.3 Å². The Morgan fingerprint density at radius 2 is 1.84 bits per heavy atom. The third-order valence-corrected chi connectivity index (χ3v) is 5.57. The number of hydrogen-bond donors (Lipinski definition) is 2. The Kier molecular flexibility index (Phi) is 7.30. The molecule has 0 fully saturated rings. The zero-order valence-electron chi connectivity index (χ0n) is 18.0. The number of carbonyl (C=O) groups is 2. The van der Waals surface area contributed by atoms with Gasteiger partial charge in [-0.25, -0.2) is 0 Å². The molecular formula is C22H26N4O4S. The van der Waals surface area contributed by atoms with Gasteiger partial charge < -0.3 is 20.1 Å². The van der Waals surface area contributed by atoms with Crippen LogP contribution in [0.5, 0.6) is 11.5 Å². The number of methoxy groups -OCH3 is 2. The average molecular weight is 443 g/mol. The maximum absolute atomic E-state index is 12.9. The van der Waals surface area contributed by atoms with Crippen molar-refractivity contribution in [1.29, 1.82) is 0 Å². The molecule has 164 valence electrons. The van der Waals surface area contributed by atoms with Gasteiger partial charge in [-0.2, -0.15) is 5.10 Å². The van der Waals surface area contributed by atoms with Gasteiger partial charge in [0.2, 0.25) is 0 Å². The topological polar surface area (TPSA) is 94.5 Å². The summed E-state index contributed by atoms with van der Waals surface area (Å²) in [5, 5.41) is 12.0. The van der Waals surface area contributed by atoms with Crippen molar-refractivity contribution in [2.75, 3.05) is 26.1 Å². The zero-order valence-corrected chi connectivity index (χ0v) is 18.8. The molecule has 2 aromatic heterocycles. The van der Waals surface area contributed by atoms with E-state index in [0.29, 0.717) is 40.7 Å². The molecule has 0 atom stereocenters. The first-order valence-electron chi connectivity index (χ1n) is 9.83. The molecule has 2 N–H and O–H groups in total. The number of aromatic nitrogens is 2. The zero-order chi connectivity index (χ0) is 22.4. The maximum atomic E-state index is 12.9. The molecule has 0 radical (unpaired) electrons. The molecule has 9 heteroatoms. The van der Waals surface area contributed by atoms with Crippen LogP contribution in [0.4, 0.5) is 5.69 Å². The minimum absolute atomic E-state index is 0.291. The molecule has 1 aromatic carbocycles. The first-order valence-corrected chi connectivity index (χ1v) is 10.7. The van der Waals surface area contributed by atoms with Gasteiger partial charge in [0.15, 0.2) is 11.5 Å². The van der Waals surface area contributed by atoms with E-state index >= 15 is 0 Å². The van der Waals surface area contributed by atoms with Crippen LogP contribution in [-0.2, 0) is 6.54 Å². The maximum Gasteiger partial charge on any atom is 0.265 e. The molecule has 0 spiro atoms. The molecule has 2 heterocycles. The Balaban J connectivity index is 1.73. The van der Waals surface area contributed by atoms with Gasteiger partial charge in [-0.1, -0.05) is 6.07 Å². The first-order chi connectivity index (χ1) is 14.9. The van der Waals surface area contributed by atoms with Crippen LogP contribution < -0.4 is 20.1 Å². The van der Waals surface area contributed by atoms with Gasteiger partial charge in [0, 0.05) is 24.8 Å². The monoisotopic (exact) mass is 442 g/mol. The van der Waals surface area contributed by atoms with Crippen molar-refractivity contribution in [2.24, 2.45) is 0 Å². The lowest BCUT2D eigenvalue weighted by Crippen LogP contribution is -2.27. The second-order valence-electron chi connectivity index (χ2n) is 6.94. The highest BCUT2D eigenvalue weighted by Crippen LogP contribution is 2.33. The molecule has 0 saturated carbocycles. The minimum atomic E-state index is -0.309. The van der Waals surface area contributed by atoms with Crippen LogP contribution >= 0.6 is 11.3 Å². The molecule has 0 unspecified atom stereocenters. The number of carbonyl (C=O) groups excluding carboxylic acids is 2. The Morgan fingerprint density at radius 3 is 2.45 bits per heavy atom. The molecule has 8 nitrogen and oxygen atoms in total. The van der Waals surface area contributed by atoms with E-state index < -0.39 is 0 Å². The largest absolute Gasteiger partial charge is 0.493 e. The van der Waals surface area contributed by atoms with Crippen LogP contribution in [0.3, 0.4) is 0 Å². The van der Waals surface area contributed by atoms with E-state index in [-0.39, 0.29) is 11.8 Å². The Bertz CT molecular complexity index is 1060. The van der Waals surface area contributed by atoms with Crippen LogP contribution in [-0.4, -0.2) is 42.4 Å². The van der Waals surface area contributed by atoms with Crippen LogP contribution in [0.1, 0.15) is 37.8 Å². The summed E-state index contributed by atoms with van der Waals surface area (Å²) in [5.41, 5.74) is 2.71. The quantitative estimate of drug-likeness (QED) is 0.493. The average Bonchev–Trinajstić information content (AvgIpc) is 3.40. The molecule has 0 saturated heterocycles. The van der Waals surface area contributed by atoms with E-state index in [4.69, 9.17) is 9.47 Å². The molecular weight excluding hydrogens is 416 g/mol. The minimum Gasteiger partial charge on any atom is -0.493 e. The van der Waals surface area contributed by atoms with Crippen molar-refractivity contribution in [3.8, 4) is 11.5 Å². The Morgan fingerprint density at radius 1 is 1.10 bits per heavy atom. The van der Waals surface area contributed by atoms with Crippen molar-refractivity contribution >= 4 is 28.8 Å². The number of nitrogens with one attached hydrogen (secondary N) is 2. The number of nitrogens with zero attached hydrogens (tertiary/aromatic N) is 2. The van der Waals surface area contributed by atoms with Crippen LogP contribution in [0.2, 0.25) is 0 Å². The van der Waals surface area contributed by atoms with Crippen molar-refractivity contribution in [3.63, 3.8) is 0 Å². The summed E-state index contributed by atoms with van der Waals surface area (Å²) in [7, 11) is 3.00. The second kappa shape index (κ2) is 10.1. The normalized spacial score (nSPS) is 10.6. The van der Waals surface area contributed by atoms with Gasteiger partial charge in [0.1, 0.15) is 0 Å². The summed E-state index contributed by atoms with van der Waals surface area (Å²) < 4.78 is 12.6. The lowest BCUT2D eigenvalue weighted by atomic mass is 10.1. The lowest BCUT2D eigenvalue weighted by molar-refractivity contribution is 0.0953. The molecule has 3 aromatic rings. The molecule has 31 heavy (non-hydrogen) atoms. The number of benzene rings is 1. The smallest absolute Gasteiger partial charge is 0.265 e. The molecule has 3 rings (SSSR count). The predicted molar refractivity (Wildman–Crippen MR) is 120 cm³/mol. The van der Waals surface area contributed by atoms with Crippen molar-refractivity contribution < 1.29 is 19.1 Å². The number of ether oxygens (including phenoxy) is 2. The van der Waals surface area contributed by atoms with Gasteiger partial charge in [-0.05, 0) is 43.8 Å². The lowest BCUT2D eigenvalue weighted by Gasteiger charge is -2.15. The fourth-order valence-electron chi connectivity index (χ4n) is 3.19. The van der Waals surface area contributed by atoms with Crippen molar-refractivity contribution in [1.82, 2.24) is 15.1 Å². The van der Waals surface area contributed by atoms with E-state index in [0.717, 1.165) is 17.8 Å². The summed E-state index contributed by atoms with van der Waals surface area (Å²) in [4.78, 5) is 26.0. The van der Waals surface area contributed by atoms with Gasteiger partial charge in [-0.15, -0.1) is 11.3 Å². The van der Waals surface area contributed by atoms with Gasteiger partial charge in [0.05, 0.1) is 36.0 Å². The summed E-state index contributed by atoms with van der Waals surface area (Å²) in [5.74, 6) is 0.228. The predicted octanol–water partition coefficient (Wildman–Crippen LogP) is 3.65. The number of amides is 2. The number of hydrogen-bond acceptors (Lipinski definition) is 6. The van der Waals surface area contributed by atoms with Crippen LogP contribution in [0.15, 0.2) is 35.7 Å². The highest BCUT2D eigenvalue weighted by Gasteiger charge is 2.19. The number of anilines is 1. The molecule has 0 aliphatic rings. The van der Waals surface area contributed by atoms with Crippen LogP contribution in [0.25, 0.3) is 0 Å². The fourth-order valence-corrected chi connectivity index (χ4v) is 3.81. The van der Waals surface area contributed by atoms with Crippen LogP contribution in [0, 0.1) is 13.8 Å². The van der Waals surface area contributed by atoms with Crippen molar-refractivity contribution in [2.45, 2.75) is 26.8 Å². The highest BCUT2D eigenvalue weighted by molar-refractivity contribution is 7.12. The molecule has 0 bridgehead atoms. The first kappa shape index (κ1) is 22.4. The summed E-state index contributed by atoms with van der Waals surface area (Å²) in [6, 6.07) is 8.70. The molecule has 0 aliphatic heterocycles. The third kappa shape index (κ3) is 5.43. The summed E-state index contributed by atoms with van der Waals surface area (Å²) >= 11 is 1.32. The molecule has 0 aliphatic carbocycles. The Hall–Kier alpha value is -3.33. The van der Waals surface area contributed by atoms with E-state index in [2.05, 4.69) is 15.7 Å². The summed E-state index contributed by atoms with van der Waals surface area (Å²) in [6.07, 6.45) is 0.720. The number of aryl methyl sites for hydroxylation is 3. The highest BCUT2D eigenvalue weighted by atomic mass is 32.1. The van der Waals surface area contributed by atoms with Gasteiger partial charge in [0.25, 0.3) is 11.8 Å². The Labute approximate surface area is 185 Å². The third-order valence-electron chi connectivity index (χ3n) is 4.70. The number of rotatable bonds is 9. The van der Waals surface area contributed by atoms with Crippen molar-refractivity contribution in [3.05, 3.63) is 57.5 Å². The fraction of sp³-hybridized carbons (Fsp3) is 0.318. The van der Waals surface area contributed by atoms with E-state index in [9.17, 15) is 9.59 Å². The standard InChI is InChI=1S/C22H26N4O4S/c1-14-11-15(2)26(25-14)9-6-8-23-21(27)16-12-18(29-3)19(30-4)13-17(16)24-22(28)20-7-5-10-31-20/h5,7,10-13H,6,8-9H2,1-4H3,(H,23,27)(H,24,28). The SMILES string of the molecule is COc1cc(NC(=O)c2cccs2)c(C(=O)NCCCn2nc(C)cc2C)cc1OC. The van der Waals surface area contributed by atoms with Gasteiger partial charge >= 0.3 is 0 Å². The van der Waals surface area contributed by atoms with E-state index in [1.165, 1.54) is 25.6 Å². The van der Waals surface area contributed by atoms with Gasteiger partial charge in [-0.3, -0.25) is 14.3 Å².